The van der Waals surface area contributed by atoms with Crippen molar-refractivity contribution in [2.75, 3.05) is 5.73 Å². The number of carbonyl (C=O) groups is 1. The first-order valence-corrected chi connectivity index (χ1v) is 6.64. The van der Waals surface area contributed by atoms with E-state index in [-0.39, 0.29) is 5.91 Å². The van der Waals surface area contributed by atoms with Gasteiger partial charge < -0.3 is 11.1 Å². The summed E-state index contributed by atoms with van der Waals surface area (Å²) in [6.45, 7) is 2.35. The molecular formula is C13H13ClN2OS. The number of aryl methyl sites for hydroxylation is 1. The Hall–Kier alpha value is -1.52. The summed E-state index contributed by atoms with van der Waals surface area (Å²) in [6.07, 6.45) is 0. The molecule has 0 unspecified atom stereocenters. The first-order chi connectivity index (χ1) is 8.56. The van der Waals surface area contributed by atoms with Gasteiger partial charge in [-0.25, -0.2) is 0 Å². The lowest BCUT2D eigenvalue weighted by molar-refractivity contribution is 0.0950. The standard InChI is InChI=1S/C13H13ClN2OS/c1-8-6-9(15)2-4-11(8)13(17)16-7-10-3-5-12(14)18-10/h2-6H,7,15H2,1H3,(H,16,17). The molecule has 0 saturated carbocycles. The average Bonchev–Trinajstić information content (AvgIpc) is 2.72. The summed E-state index contributed by atoms with van der Waals surface area (Å²) in [7, 11) is 0. The third-order valence-corrected chi connectivity index (χ3v) is 3.78. The second-order valence-electron chi connectivity index (χ2n) is 3.96. The van der Waals surface area contributed by atoms with E-state index >= 15 is 0 Å². The normalized spacial score (nSPS) is 10.3. The number of thiophene rings is 1. The van der Waals surface area contributed by atoms with Gasteiger partial charge in [0.25, 0.3) is 5.91 Å². The molecule has 2 rings (SSSR count). The molecule has 0 atom stereocenters. The zero-order chi connectivity index (χ0) is 13.1. The second-order valence-corrected chi connectivity index (χ2v) is 5.76. The molecule has 2 aromatic rings. The molecule has 0 aliphatic carbocycles. The molecule has 0 aliphatic heterocycles. The highest BCUT2D eigenvalue weighted by atomic mass is 35.5. The van der Waals surface area contributed by atoms with E-state index in [4.69, 9.17) is 17.3 Å². The summed E-state index contributed by atoms with van der Waals surface area (Å²) in [6, 6.07) is 8.98. The molecular weight excluding hydrogens is 268 g/mol. The Morgan fingerprint density at radius 3 is 2.78 bits per heavy atom. The average molecular weight is 281 g/mol. The van der Waals surface area contributed by atoms with Crippen LogP contribution in [0.4, 0.5) is 5.69 Å². The van der Waals surface area contributed by atoms with Crippen molar-refractivity contribution < 1.29 is 4.79 Å². The van der Waals surface area contributed by atoms with E-state index in [2.05, 4.69) is 5.32 Å². The highest BCUT2D eigenvalue weighted by Crippen LogP contribution is 2.21. The summed E-state index contributed by atoms with van der Waals surface area (Å²) in [4.78, 5) is 13.0. The smallest absolute Gasteiger partial charge is 0.251 e. The Labute approximate surface area is 115 Å². The van der Waals surface area contributed by atoms with Crippen molar-refractivity contribution in [2.45, 2.75) is 13.5 Å². The fourth-order valence-electron chi connectivity index (χ4n) is 1.65. The maximum atomic E-state index is 12.0. The van der Waals surface area contributed by atoms with Gasteiger partial charge in [0.15, 0.2) is 0 Å². The molecule has 3 N–H and O–H groups in total. The van der Waals surface area contributed by atoms with Crippen molar-refractivity contribution in [3.8, 4) is 0 Å². The van der Waals surface area contributed by atoms with Gasteiger partial charge in [-0.15, -0.1) is 11.3 Å². The van der Waals surface area contributed by atoms with Crippen molar-refractivity contribution in [1.82, 2.24) is 5.32 Å². The Morgan fingerprint density at radius 2 is 2.17 bits per heavy atom. The third-order valence-electron chi connectivity index (χ3n) is 2.55. The van der Waals surface area contributed by atoms with Crippen LogP contribution in [0.5, 0.6) is 0 Å². The van der Waals surface area contributed by atoms with E-state index in [9.17, 15) is 4.79 Å². The largest absolute Gasteiger partial charge is 0.399 e. The Balaban J connectivity index is 2.03. The van der Waals surface area contributed by atoms with Gasteiger partial charge in [0.05, 0.1) is 10.9 Å². The van der Waals surface area contributed by atoms with Gasteiger partial charge in [-0.05, 0) is 42.8 Å². The lowest BCUT2D eigenvalue weighted by Crippen LogP contribution is -2.23. The van der Waals surface area contributed by atoms with E-state index in [1.165, 1.54) is 11.3 Å². The zero-order valence-electron chi connectivity index (χ0n) is 9.87. The van der Waals surface area contributed by atoms with Crippen LogP contribution in [-0.4, -0.2) is 5.91 Å². The van der Waals surface area contributed by atoms with Crippen LogP contribution in [0, 0.1) is 6.92 Å². The van der Waals surface area contributed by atoms with Crippen LogP contribution >= 0.6 is 22.9 Å². The maximum absolute atomic E-state index is 12.0. The Bertz CT molecular complexity index is 580. The molecule has 0 spiro atoms. The summed E-state index contributed by atoms with van der Waals surface area (Å²) < 4.78 is 0.725. The molecule has 1 aromatic carbocycles. The summed E-state index contributed by atoms with van der Waals surface area (Å²) in [5, 5.41) is 2.86. The van der Waals surface area contributed by atoms with Gasteiger partial charge >= 0.3 is 0 Å². The van der Waals surface area contributed by atoms with Crippen LogP contribution in [0.3, 0.4) is 0 Å². The molecule has 1 heterocycles. The van der Waals surface area contributed by atoms with E-state index in [1.54, 1.807) is 18.2 Å². The molecule has 0 bridgehead atoms. The van der Waals surface area contributed by atoms with Gasteiger partial charge in [-0.3, -0.25) is 4.79 Å². The monoisotopic (exact) mass is 280 g/mol. The number of hydrogen-bond acceptors (Lipinski definition) is 3. The van der Waals surface area contributed by atoms with Crippen molar-refractivity contribution in [1.29, 1.82) is 0 Å². The van der Waals surface area contributed by atoms with Crippen LogP contribution < -0.4 is 11.1 Å². The molecule has 0 saturated heterocycles. The molecule has 3 nitrogen and oxygen atoms in total. The summed E-state index contributed by atoms with van der Waals surface area (Å²) >= 11 is 7.29. The molecule has 5 heteroatoms. The van der Waals surface area contributed by atoms with Crippen LogP contribution in [-0.2, 0) is 6.54 Å². The number of nitrogen functional groups attached to an aromatic ring is 1. The van der Waals surface area contributed by atoms with Gasteiger partial charge in [0.1, 0.15) is 0 Å². The number of nitrogens with two attached hydrogens (primary N) is 1. The van der Waals surface area contributed by atoms with Crippen molar-refractivity contribution >= 4 is 34.5 Å². The summed E-state index contributed by atoms with van der Waals surface area (Å²) in [5.74, 6) is -0.1000. The zero-order valence-corrected chi connectivity index (χ0v) is 11.4. The molecule has 1 amide bonds. The molecule has 94 valence electrons. The lowest BCUT2D eigenvalue weighted by Gasteiger charge is -2.07. The second kappa shape index (κ2) is 5.42. The number of amides is 1. The SMILES string of the molecule is Cc1cc(N)ccc1C(=O)NCc1ccc(Cl)s1. The maximum Gasteiger partial charge on any atom is 0.251 e. The minimum Gasteiger partial charge on any atom is -0.399 e. The third kappa shape index (κ3) is 3.03. The van der Waals surface area contributed by atoms with Gasteiger partial charge in [0, 0.05) is 16.1 Å². The van der Waals surface area contributed by atoms with E-state index in [0.717, 1.165) is 14.8 Å². The fraction of sp³-hybridized carbons (Fsp3) is 0.154. The number of halogens is 1. The fourth-order valence-corrected chi connectivity index (χ4v) is 2.68. The van der Waals surface area contributed by atoms with Crippen molar-refractivity contribution in [2.24, 2.45) is 0 Å². The molecule has 18 heavy (non-hydrogen) atoms. The van der Waals surface area contributed by atoms with E-state index < -0.39 is 0 Å². The van der Waals surface area contributed by atoms with Gasteiger partial charge in [0.2, 0.25) is 0 Å². The van der Waals surface area contributed by atoms with Gasteiger partial charge in [-0.2, -0.15) is 0 Å². The van der Waals surface area contributed by atoms with E-state index in [0.29, 0.717) is 17.8 Å². The quantitative estimate of drug-likeness (QED) is 0.848. The minimum absolute atomic E-state index is 0.1000. The van der Waals surface area contributed by atoms with Crippen LogP contribution in [0.15, 0.2) is 30.3 Å². The van der Waals surface area contributed by atoms with Crippen LogP contribution in [0.1, 0.15) is 20.8 Å². The molecule has 1 aromatic heterocycles. The number of benzene rings is 1. The van der Waals surface area contributed by atoms with Crippen molar-refractivity contribution in [3.05, 3.63) is 50.7 Å². The number of carbonyl (C=O) groups excluding carboxylic acids is 1. The number of nitrogens with one attached hydrogen (secondary N) is 1. The lowest BCUT2D eigenvalue weighted by atomic mass is 10.1. The number of anilines is 1. The summed E-state index contributed by atoms with van der Waals surface area (Å²) in [5.41, 5.74) is 7.83. The van der Waals surface area contributed by atoms with Crippen LogP contribution in [0.2, 0.25) is 4.34 Å². The highest BCUT2D eigenvalue weighted by molar-refractivity contribution is 7.16. The Kier molecular flexibility index (Phi) is 3.89. The predicted octanol–water partition coefficient (Wildman–Crippen LogP) is 3.22. The minimum atomic E-state index is -0.1000. The molecule has 0 fully saturated rings. The first-order valence-electron chi connectivity index (χ1n) is 5.45. The topological polar surface area (TPSA) is 55.1 Å². The first kappa shape index (κ1) is 12.9. The van der Waals surface area contributed by atoms with E-state index in [1.807, 2.05) is 19.1 Å². The Morgan fingerprint density at radius 1 is 1.39 bits per heavy atom. The molecule has 0 aliphatic rings. The number of hydrogen-bond donors (Lipinski definition) is 2. The highest BCUT2D eigenvalue weighted by Gasteiger charge is 2.09. The van der Waals surface area contributed by atoms with Crippen LogP contribution in [0.25, 0.3) is 0 Å². The molecule has 0 radical (unpaired) electrons. The predicted molar refractivity (Wildman–Crippen MR) is 76.1 cm³/mol. The van der Waals surface area contributed by atoms with Gasteiger partial charge in [-0.1, -0.05) is 11.6 Å². The number of rotatable bonds is 3. The van der Waals surface area contributed by atoms with Crippen molar-refractivity contribution in [3.63, 3.8) is 0 Å².